The molecule has 0 amide bonds. The molecule has 1 aliphatic carbocycles. The molecule has 3 atom stereocenters. The minimum absolute atomic E-state index is 0.220. The molecule has 3 aromatic rings. The average molecular weight is 463 g/mol. The number of rotatable bonds is 4. The lowest BCUT2D eigenvalue weighted by atomic mass is 9.69. The van der Waals surface area contributed by atoms with Gasteiger partial charge in [0.1, 0.15) is 18.0 Å². The standard InChI is InChI=1S/C25H31FN8/c1-16-10-19(26)13-20(11-16)33-7-3-8-34-25(33)30-24(31-34)29-22-6-9-32(14-18-4-5-21(18)22)23-12-17(2)27-15-28-23/h10-13,15,18,21-22H,3-9,14H2,1-2H3,(H,29,31)/t18?,21?,22-/m0/s1. The molecular weight excluding hydrogens is 431 g/mol. The fourth-order valence-electron chi connectivity index (χ4n) is 5.74. The van der Waals surface area contributed by atoms with Crippen LogP contribution in [0.3, 0.4) is 0 Å². The fourth-order valence-corrected chi connectivity index (χ4v) is 5.74. The van der Waals surface area contributed by atoms with Crippen LogP contribution in [0.2, 0.25) is 0 Å². The molecule has 1 saturated carbocycles. The number of benzene rings is 1. The minimum Gasteiger partial charge on any atom is -0.356 e. The highest BCUT2D eigenvalue weighted by molar-refractivity contribution is 5.60. The Balaban J connectivity index is 1.22. The summed E-state index contributed by atoms with van der Waals surface area (Å²) in [5.74, 6) is 3.54. The van der Waals surface area contributed by atoms with Gasteiger partial charge in [-0.2, -0.15) is 4.98 Å². The Morgan fingerprint density at radius 3 is 2.71 bits per heavy atom. The van der Waals surface area contributed by atoms with Crippen molar-refractivity contribution >= 4 is 23.4 Å². The Kier molecular flexibility index (Phi) is 5.34. The molecule has 6 rings (SSSR count). The molecule has 2 unspecified atom stereocenters. The summed E-state index contributed by atoms with van der Waals surface area (Å²) in [6.45, 7) is 7.55. The zero-order valence-electron chi connectivity index (χ0n) is 19.8. The Hall–Kier alpha value is -3.23. The summed E-state index contributed by atoms with van der Waals surface area (Å²) in [4.78, 5) is 18.1. The van der Waals surface area contributed by atoms with Gasteiger partial charge < -0.3 is 15.1 Å². The number of halogens is 1. The van der Waals surface area contributed by atoms with Gasteiger partial charge in [-0.15, -0.1) is 5.10 Å². The van der Waals surface area contributed by atoms with Crippen molar-refractivity contribution in [1.29, 1.82) is 0 Å². The predicted octanol–water partition coefficient (Wildman–Crippen LogP) is 4.08. The quantitative estimate of drug-likeness (QED) is 0.626. The second kappa shape index (κ2) is 8.52. The van der Waals surface area contributed by atoms with Gasteiger partial charge in [0.2, 0.25) is 11.9 Å². The van der Waals surface area contributed by atoms with E-state index in [-0.39, 0.29) is 5.82 Å². The number of hydrogen-bond donors (Lipinski definition) is 1. The van der Waals surface area contributed by atoms with E-state index in [1.807, 2.05) is 24.6 Å². The highest BCUT2D eigenvalue weighted by Crippen LogP contribution is 2.42. The molecule has 4 heterocycles. The van der Waals surface area contributed by atoms with E-state index in [0.717, 1.165) is 67.7 Å². The number of aryl methyl sites for hydroxylation is 3. The molecule has 1 saturated heterocycles. The number of fused-ring (bicyclic) bond motifs is 2. The molecule has 0 spiro atoms. The Labute approximate surface area is 199 Å². The van der Waals surface area contributed by atoms with Crippen LogP contribution in [-0.4, -0.2) is 50.4 Å². The number of aromatic nitrogens is 5. The molecule has 9 heteroatoms. The third kappa shape index (κ3) is 3.97. The summed E-state index contributed by atoms with van der Waals surface area (Å²) in [5, 5.41) is 8.48. The summed E-state index contributed by atoms with van der Waals surface area (Å²) in [6.07, 6.45) is 6.12. The lowest BCUT2D eigenvalue weighted by Crippen LogP contribution is -2.41. The van der Waals surface area contributed by atoms with Gasteiger partial charge in [-0.05, 0) is 75.1 Å². The van der Waals surface area contributed by atoms with Crippen LogP contribution in [0.5, 0.6) is 0 Å². The number of hydrogen-bond acceptors (Lipinski definition) is 7. The van der Waals surface area contributed by atoms with Crippen molar-refractivity contribution in [2.45, 2.75) is 52.1 Å². The molecule has 2 aliphatic heterocycles. The van der Waals surface area contributed by atoms with Gasteiger partial charge >= 0.3 is 0 Å². The molecule has 0 radical (unpaired) electrons. The smallest absolute Gasteiger partial charge is 0.244 e. The second-order valence-electron chi connectivity index (χ2n) is 9.95. The van der Waals surface area contributed by atoms with Crippen molar-refractivity contribution in [2.24, 2.45) is 11.8 Å². The van der Waals surface area contributed by atoms with Crippen molar-refractivity contribution in [3.63, 3.8) is 0 Å². The first-order valence-electron chi connectivity index (χ1n) is 12.3. The zero-order valence-corrected chi connectivity index (χ0v) is 19.8. The summed E-state index contributed by atoms with van der Waals surface area (Å²) in [7, 11) is 0. The number of anilines is 4. The van der Waals surface area contributed by atoms with Crippen LogP contribution < -0.4 is 15.1 Å². The number of nitrogens with zero attached hydrogens (tertiary/aromatic N) is 7. The molecule has 2 fully saturated rings. The van der Waals surface area contributed by atoms with Gasteiger partial charge in [-0.1, -0.05) is 0 Å². The molecule has 8 nitrogen and oxygen atoms in total. The maximum Gasteiger partial charge on any atom is 0.244 e. The first-order chi connectivity index (χ1) is 16.5. The normalized spacial score (nSPS) is 24.1. The van der Waals surface area contributed by atoms with E-state index < -0.39 is 0 Å². The molecular formula is C25H31FN8. The van der Waals surface area contributed by atoms with Gasteiger partial charge in [0.05, 0.1) is 0 Å². The van der Waals surface area contributed by atoms with E-state index in [1.54, 1.807) is 18.5 Å². The van der Waals surface area contributed by atoms with Crippen LogP contribution in [0, 0.1) is 31.5 Å². The molecule has 2 aromatic heterocycles. The zero-order chi connectivity index (χ0) is 23.2. The molecule has 34 heavy (non-hydrogen) atoms. The topological polar surface area (TPSA) is 75.0 Å². The van der Waals surface area contributed by atoms with Crippen LogP contribution in [-0.2, 0) is 6.54 Å². The molecule has 1 N–H and O–H groups in total. The Bertz CT molecular complexity index is 1170. The van der Waals surface area contributed by atoms with Gasteiger partial charge in [0.15, 0.2) is 0 Å². The van der Waals surface area contributed by atoms with Crippen LogP contribution >= 0.6 is 0 Å². The van der Waals surface area contributed by atoms with Crippen molar-refractivity contribution < 1.29 is 4.39 Å². The third-order valence-corrected chi connectivity index (χ3v) is 7.57. The van der Waals surface area contributed by atoms with Crippen LogP contribution in [0.1, 0.15) is 36.9 Å². The lowest BCUT2D eigenvalue weighted by Gasteiger charge is -2.40. The van der Waals surface area contributed by atoms with Gasteiger partial charge in [0, 0.05) is 49.7 Å². The summed E-state index contributed by atoms with van der Waals surface area (Å²) >= 11 is 0. The average Bonchev–Trinajstić information content (AvgIpc) is 3.15. The van der Waals surface area contributed by atoms with E-state index >= 15 is 0 Å². The van der Waals surface area contributed by atoms with E-state index in [2.05, 4.69) is 31.2 Å². The highest BCUT2D eigenvalue weighted by Gasteiger charge is 2.41. The van der Waals surface area contributed by atoms with Crippen LogP contribution in [0.15, 0.2) is 30.6 Å². The summed E-state index contributed by atoms with van der Waals surface area (Å²) in [5.41, 5.74) is 2.74. The lowest BCUT2D eigenvalue weighted by molar-refractivity contribution is 0.166. The van der Waals surface area contributed by atoms with Gasteiger partial charge in [0.25, 0.3) is 0 Å². The predicted molar refractivity (Wildman–Crippen MR) is 130 cm³/mol. The second-order valence-corrected chi connectivity index (χ2v) is 9.95. The first kappa shape index (κ1) is 21.3. The summed E-state index contributed by atoms with van der Waals surface area (Å²) < 4.78 is 16.0. The van der Waals surface area contributed by atoms with Crippen molar-refractivity contribution in [1.82, 2.24) is 24.7 Å². The fraction of sp³-hybridized carbons (Fsp3) is 0.520. The number of nitrogens with one attached hydrogen (secondary N) is 1. The van der Waals surface area contributed by atoms with E-state index in [9.17, 15) is 4.39 Å². The van der Waals surface area contributed by atoms with E-state index in [4.69, 9.17) is 10.1 Å². The summed E-state index contributed by atoms with van der Waals surface area (Å²) in [6, 6.07) is 7.56. The Morgan fingerprint density at radius 1 is 1.00 bits per heavy atom. The molecule has 178 valence electrons. The van der Waals surface area contributed by atoms with Gasteiger partial charge in [-0.25, -0.2) is 19.0 Å². The molecule has 1 aromatic carbocycles. The van der Waals surface area contributed by atoms with Crippen molar-refractivity contribution in [3.8, 4) is 0 Å². The van der Waals surface area contributed by atoms with Crippen LogP contribution in [0.4, 0.5) is 27.8 Å². The largest absolute Gasteiger partial charge is 0.356 e. The minimum atomic E-state index is -0.220. The monoisotopic (exact) mass is 462 g/mol. The van der Waals surface area contributed by atoms with Crippen molar-refractivity contribution in [2.75, 3.05) is 34.8 Å². The molecule has 3 aliphatic rings. The SMILES string of the molecule is Cc1cc(F)cc(N2CCCn3nc(N[C@H]4CCN(c5cc(C)ncn5)CC5CCC54)nc32)c1. The first-order valence-corrected chi connectivity index (χ1v) is 12.3. The highest BCUT2D eigenvalue weighted by atomic mass is 19.1. The Morgan fingerprint density at radius 2 is 1.91 bits per heavy atom. The third-order valence-electron chi connectivity index (χ3n) is 7.57. The van der Waals surface area contributed by atoms with E-state index in [0.29, 0.717) is 23.8 Å². The van der Waals surface area contributed by atoms with E-state index in [1.165, 1.54) is 12.8 Å². The maximum absolute atomic E-state index is 14.1. The molecule has 0 bridgehead atoms. The van der Waals surface area contributed by atoms with Crippen molar-refractivity contribution in [3.05, 3.63) is 47.7 Å². The van der Waals surface area contributed by atoms with Crippen LogP contribution in [0.25, 0.3) is 0 Å². The maximum atomic E-state index is 14.1. The van der Waals surface area contributed by atoms with Gasteiger partial charge in [-0.3, -0.25) is 0 Å².